The Morgan fingerprint density at radius 3 is 1.84 bits per heavy atom. The number of ether oxygens (including phenoxy) is 1. The number of allylic oxidation sites excluding steroid dienone is 4. The third-order valence-electron chi connectivity index (χ3n) is 6.55. The van der Waals surface area contributed by atoms with Crippen LogP contribution < -0.4 is 0 Å². The molecule has 0 amide bonds. The molecule has 0 unspecified atom stereocenters. The Balaban J connectivity index is 1.66. The van der Waals surface area contributed by atoms with Crippen molar-refractivity contribution in [3.8, 4) is 11.3 Å². The van der Waals surface area contributed by atoms with E-state index in [0.717, 1.165) is 11.3 Å². The van der Waals surface area contributed by atoms with Crippen molar-refractivity contribution in [3.63, 3.8) is 0 Å². The summed E-state index contributed by atoms with van der Waals surface area (Å²) in [6.07, 6.45) is 2.25. The highest BCUT2D eigenvalue weighted by Gasteiger charge is 2.48. The van der Waals surface area contributed by atoms with Gasteiger partial charge in [-0.25, -0.2) is 0 Å². The van der Waals surface area contributed by atoms with Gasteiger partial charge < -0.3 is 9.15 Å². The van der Waals surface area contributed by atoms with Gasteiger partial charge in [0.25, 0.3) is 0 Å². The first-order chi connectivity index (χ1) is 14.6. The Hall–Kier alpha value is -2.88. The first kappa shape index (κ1) is 20.0. The molecule has 2 aromatic rings. The fourth-order valence-electron chi connectivity index (χ4n) is 5.22. The van der Waals surface area contributed by atoms with Gasteiger partial charge in [0.2, 0.25) is 0 Å². The smallest absolute Gasteiger partial charge is 0.163 e. The minimum Gasteiger partial charge on any atom is -0.465 e. The van der Waals surface area contributed by atoms with Crippen LogP contribution in [0.5, 0.6) is 0 Å². The summed E-state index contributed by atoms with van der Waals surface area (Å²) in [4.78, 5) is 26.6. The Morgan fingerprint density at radius 2 is 1.29 bits per heavy atom. The van der Waals surface area contributed by atoms with Crippen LogP contribution >= 0.6 is 0 Å². The summed E-state index contributed by atoms with van der Waals surface area (Å²) in [6, 6.07) is 13.7. The van der Waals surface area contributed by atoms with Crippen molar-refractivity contribution < 1.29 is 18.7 Å². The number of carbonyl (C=O) groups excluding carboxylic acids is 2. The van der Waals surface area contributed by atoms with Gasteiger partial charge in [0.05, 0.1) is 5.92 Å². The van der Waals surface area contributed by atoms with Crippen LogP contribution in [0.3, 0.4) is 0 Å². The molecule has 2 heterocycles. The molecule has 3 aliphatic rings. The maximum Gasteiger partial charge on any atom is 0.163 e. The maximum absolute atomic E-state index is 13.3. The molecule has 0 saturated carbocycles. The topological polar surface area (TPSA) is 56.5 Å². The van der Waals surface area contributed by atoms with E-state index in [4.69, 9.17) is 9.15 Å². The molecule has 0 atom stereocenters. The molecular weight excluding hydrogens is 388 g/mol. The highest BCUT2D eigenvalue weighted by molar-refractivity contribution is 6.06. The lowest BCUT2D eigenvalue weighted by atomic mass is 9.66. The van der Waals surface area contributed by atoms with E-state index in [2.05, 4.69) is 27.7 Å². The van der Waals surface area contributed by atoms with Crippen LogP contribution in [0.2, 0.25) is 0 Å². The maximum atomic E-state index is 13.3. The standard InChI is InChI=1S/C27H28O4/c1-26(2)12-17(28)23-21(14-26)31-22-15-27(3,4)13-18(29)24(22)25(23)20-11-10-19(30-20)16-8-6-5-7-9-16/h5-11,25H,12-15H2,1-4H3. The average Bonchev–Trinajstić information content (AvgIpc) is 3.15. The van der Waals surface area contributed by atoms with Crippen LogP contribution in [0.15, 0.2) is 69.5 Å². The zero-order valence-electron chi connectivity index (χ0n) is 18.6. The molecule has 31 heavy (non-hydrogen) atoms. The highest BCUT2D eigenvalue weighted by Crippen LogP contribution is 2.53. The van der Waals surface area contributed by atoms with E-state index in [1.807, 2.05) is 42.5 Å². The van der Waals surface area contributed by atoms with Crippen molar-refractivity contribution in [2.24, 2.45) is 10.8 Å². The second-order valence-corrected chi connectivity index (χ2v) is 10.7. The lowest BCUT2D eigenvalue weighted by Crippen LogP contribution is -2.37. The largest absolute Gasteiger partial charge is 0.465 e. The zero-order valence-corrected chi connectivity index (χ0v) is 18.6. The fourth-order valence-corrected chi connectivity index (χ4v) is 5.22. The van der Waals surface area contributed by atoms with Gasteiger partial charge in [-0.1, -0.05) is 58.0 Å². The second kappa shape index (κ2) is 6.81. The predicted molar refractivity (Wildman–Crippen MR) is 118 cm³/mol. The molecule has 4 heteroatoms. The first-order valence-electron chi connectivity index (χ1n) is 11.0. The number of hydrogen-bond donors (Lipinski definition) is 0. The van der Waals surface area contributed by atoms with Gasteiger partial charge in [-0.05, 0) is 23.0 Å². The monoisotopic (exact) mass is 416 g/mol. The summed E-state index contributed by atoms with van der Waals surface area (Å²) in [5.74, 6) is 2.43. The van der Waals surface area contributed by atoms with Crippen molar-refractivity contribution in [2.45, 2.75) is 59.3 Å². The van der Waals surface area contributed by atoms with Crippen LogP contribution in [0.25, 0.3) is 11.3 Å². The Labute approximate surface area is 183 Å². The van der Waals surface area contributed by atoms with Gasteiger partial charge in [0.1, 0.15) is 23.0 Å². The van der Waals surface area contributed by atoms with Gasteiger partial charge in [-0.15, -0.1) is 0 Å². The van der Waals surface area contributed by atoms with Crippen LogP contribution in [-0.4, -0.2) is 11.6 Å². The van der Waals surface area contributed by atoms with E-state index in [-0.39, 0.29) is 22.4 Å². The number of carbonyl (C=O) groups is 2. The number of hydrogen-bond acceptors (Lipinski definition) is 4. The molecule has 160 valence electrons. The Kier molecular flexibility index (Phi) is 4.40. The molecule has 1 aromatic carbocycles. The van der Waals surface area contributed by atoms with Gasteiger partial charge in [-0.3, -0.25) is 9.59 Å². The number of Topliss-reactive ketones (excluding diaryl/α,β-unsaturated/α-hetero) is 2. The van der Waals surface area contributed by atoms with Crippen molar-refractivity contribution in [2.75, 3.05) is 0 Å². The molecule has 0 saturated heterocycles. The predicted octanol–water partition coefficient (Wildman–Crippen LogP) is 6.35. The molecular formula is C27H28O4. The van der Waals surface area contributed by atoms with E-state index in [1.165, 1.54) is 0 Å². The lowest BCUT2D eigenvalue weighted by molar-refractivity contribution is -0.120. The number of benzene rings is 1. The van der Waals surface area contributed by atoms with Crippen molar-refractivity contribution in [1.29, 1.82) is 0 Å². The molecule has 0 bridgehead atoms. The first-order valence-corrected chi connectivity index (χ1v) is 11.0. The normalized spacial score (nSPS) is 22.8. The van der Waals surface area contributed by atoms with Crippen LogP contribution in [0.4, 0.5) is 0 Å². The second-order valence-electron chi connectivity index (χ2n) is 10.7. The highest BCUT2D eigenvalue weighted by atomic mass is 16.5. The number of ketones is 2. The van der Waals surface area contributed by atoms with E-state index in [0.29, 0.717) is 54.1 Å². The summed E-state index contributed by atoms with van der Waals surface area (Å²) in [5.41, 5.74) is 1.87. The minimum absolute atomic E-state index is 0.0538. The lowest BCUT2D eigenvalue weighted by Gasteiger charge is -2.42. The van der Waals surface area contributed by atoms with Gasteiger partial charge >= 0.3 is 0 Å². The van der Waals surface area contributed by atoms with Crippen molar-refractivity contribution in [3.05, 3.63) is 70.9 Å². The van der Waals surface area contributed by atoms with Crippen LogP contribution in [-0.2, 0) is 14.3 Å². The van der Waals surface area contributed by atoms with Crippen molar-refractivity contribution in [1.82, 2.24) is 0 Å². The van der Waals surface area contributed by atoms with Gasteiger partial charge in [0.15, 0.2) is 11.6 Å². The molecule has 0 radical (unpaired) electrons. The molecule has 4 nitrogen and oxygen atoms in total. The van der Waals surface area contributed by atoms with E-state index >= 15 is 0 Å². The van der Waals surface area contributed by atoms with Gasteiger partial charge in [-0.2, -0.15) is 0 Å². The molecule has 5 rings (SSSR count). The molecule has 0 N–H and O–H groups in total. The van der Waals surface area contributed by atoms with Crippen LogP contribution in [0.1, 0.15) is 65.1 Å². The van der Waals surface area contributed by atoms with Crippen molar-refractivity contribution >= 4 is 11.6 Å². The number of rotatable bonds is 2. The van der Waals surface area contributed by atoms with E-state index in [1.54, 1.807) is 0 Å². The summed E-state index contributed by atoms with van der Waals surface area (Å²) in [6.45, 7) is 8.36. The summed E-state index contributed by atoms with van der Waals surface area (Å²) < 4.78 is 12.6. The summed E-state index contributed by atoms with van der Waals surface area (Å²) >= 11 is 0. The Morgan fingerprint density at radius 1 is 0.742 bits per heavy atom. The third-order valence-corrected chi connectivity index (χ3v) is 6.55. The molecule has 2 aliphatic carbocycles. The summed E-state index contributed by atoms with van der Waals surface area (Å²) in [7, 11) is 0. The third kappa shape index (κ3) is 3.48. The van der Waals surface area contributed by atoms with Crippen LogP contribution in [0, 0.1) is 10.8 Å². The molecule has 1 aromatic heterocycles. The molecule has 0 fully saturated rings. The van der Waals surface area contributed by atoms with E-state index in [9.17, 15) is 9.59 Å². The zero-order chi connectivity index (χ0) is 22.0. The summed E-state index contributed by atoms with van der Waals surface area (Å²) in [5, 5.41) is 0. The van der Waals surface area contributed by atoms with E-state index < -0.39 is 5.92 Å². The minimum atomic E-state index is -0.483. The average molecular weight is 417 g/mol. The van der Waals surface area contributed by atoms with Gasteiger partial charge in [0, 0.05) is 42.4 Å². The molecule has 0 spiro atoms. The Bertz CT molecular complexity index is 1090. The molecule has 1 aliphatic heterocycles. The fraction of sp³-hybridized carbons (Fsp3) is 0.407. The quantitative estimate of drug-likeness (QED) is 0.573. The SMILES string of the molecule is CC1(C)CC(=O)C2=C(C1)OC1=C(C(=O)CC(C)(C)C1)C2c1ccc(-c2ccccc2)o1. The number of furan rings is 1.